The molecule has 4 aromatic rings. The molecule has 0 aliphatic carbocycles. The fraction of sp³-hybridized carbons (Fsp3) is 0.429. The Morgan fingerprint density at radius 3 is 0.913 bits per heavy atom. The van der Waals surface area contributed by atoms with Crippen molar-refractivity contribution >= 4 is 53.2 Å². The summed E-state index contributed by atoms with van der Waals surface area (Å²) in [6, 6.07) is -2.08. The summed E-state index contributed by atoms with van der Waals surface area (Å²) in [5, 5.41) is 15.9. The van der Waals surface area contributed by atoms with Crippen LogP contribution in [0, 0.1) is 0 Å². The van der Waals surface area contributed by atoms with Crippen molar-refractivity contribution in [2.24, 2.45) is 34.4 Å². The fourth-order valence-corrected chi connectivity index (χ4v) is 6.76. The van der Waals surface area contributed by atoms with Crippen LogP contribution in [0.3, 0.4) is 0 Å². The predicted molar refractivity (Wildman–Crippen MR) is 244 cm³/mol. The van der Waals surface area contributed by atoms with Crippen LogP contribution in [0.1, 0.15) is 72.3 Å². The first-order chi connectivity index (χ1) is 32.9. The molecule has 9 amide bonds. The zero-order valence-electron chi connectivity index (χ0n) is 37.6. The lowest BCUT2D eigenvalue weighted by molar-refractivity contribution is -0.130. The third kappa shape index (κ3) is 19.0. The van der Waals surface area contributed by atoms with Crippen LogP contribution in [0.25, 0.3) is 0 Å². The highest BCUT2D eigenvalue weighted by Crippen LogP contribution is 2.13. The van der Waals surface area contributed by atoms with E-state index in [1.165, 1.54) is 37.6 Å². The highest BCUT2D eigenvalue weighted by atomic mass is 16.2. The number of H-pyrrole nitrogens is 3. The maximum atomic E-state index is 13.6. The summed E-state index contributed by atoms with van der Waals surface area (Å²) < 4.78 is 0. The number of aromatic nitrogens is 6. The van der Waals surface area contributed by atoms with Crippen LogP contribution in [0.4, 0.5) is 0 Å². The number of hydrogen-bond acceptors (Lipinski definition) is 15. The third-order valence-electron chi connectivity index (χ3n) is 10.4. The van der Waals surface area contributed by atoms with Gasteiger partial charge in [-0.25, -0.2) is 15.0 Å². The number of carbonyl (C=O) groups is 9. The third-order valence-corrected chi connectivity index (χ3v) is 10.4. The number of benzene rings is 1. The van der Waals surface area contributed by atoms with E-state index in [1.54, 1.807) is 18.2 Å². The van der Waals surface area contributed by atoms with Gasteiger partial charge in [-0.15, -0.1) is 0 Å². The Labute approximate surface area is 395 Å². The molecule has 0 radical (unpaired) electrons. The minimum absolute atomic E-state index is 0.0776. The molecule has 0 aliphatic rings. The lowest BCUT2D eigenvalue weighted by atomic mass is 10.0. The summed E-state index contributed by atoms with van der Waals surface area (Å²) in [5.74, 6) is -6.26. The molecule has 6 atom stereocenters. The van der Waals surface area contributed by atoms with Crippen LogP contribution in [0.2, 0.25) is 0 Å². The lowest BCUT2D eigenvalue weighted by Crippen LogP contribution is -2.52. The second kappa shape index (κ2) is 26.9. The minimum Gasteiger partial charge on any atom is -0.370 e. The minimum atomic E-state index is -1.24. The van der Waals surface area contributed by atoms with E-state index in [1.807, 2.05) is 0 Å². The monoisotopic (exact) mass is 960 g/mol. The van der Waals surface area contributed by atoms with Crippen molar-refractivity contribution in [2.45, 2.75) is 114 Å². The van der Waals surface area contributed by atoms with E-state index in [0.29, 0.717) is 33.8 Å². The molecule has 0 fully saturated rings. The van der Waals surface area contributed by atoms with Crippen molar-refractivity contribution in [3.63, 3.8) is 0 Å². The lowest BCUT2D eigenvalue weighted by Gasteiger charge is -2.22. The Morgan fingerprint density at radius 1 is 0.435 bits per heavy atom. The summed E-state index contributed by atoms with van der Waals surface area (Å²) in [7, 11) is 0. The molecule has 0 aliphatic heterocycles. The molecule has 0 saturated carbocycles. The van der Waals surface area contributed by atoms with Crippen molar-refractivity contribution in [1.29, 1.82) is 0 Å². The van der Waals surface area contributed by atoms with Gasteiger partial charge in [0.05, 0.1) is 37.1 Å². The summed E-state index contributed by atoms with van der Waals surface area (Å²) in [6.45, 7) is -0.537. The molecule has 0 bridgehead atoms. The van der Waals surface area contributed by atoms with Crippen LogP contribution in [-0.4, -0.2) is 119 Å². The van der Waals surface area contributed by atoms with Gasteiger partial charge in [0.1, 0.15) is 18.1 Å². The van der Waals surface area contributed by atoms with Crippen molar-refractivity contribution in [3.8, 4) is 0 Å². The number of carbonyl (C=O) groups excluding carboxylic acids is 9. The Hall–Kier alpha value is -8.04. The van der Waals surface area contributed by atoms with E-state index in [4.69, 9.17) is 34.4 Å². The molecule has 27 heteroatoms. The highest BCUT2D eigenvalue weighted by Gasteiger charge is 2.28. The Balaban J connectivity index is 1.54. The number of aromatic amines is 3. The molecule has 1 aromatic carbocycles. The van der Waals surface area contributed by atoms with Crippen LogP contribution >= 0.6 is 0 Å². The number of rotatable bonds is 30. The maximum Gasteiger partial charge on any atom is 0.242 e. The second-order valence-corrected chi connectivity index (χ2v) is 16.2. The van der Waals surface area contributed by atoms with E-state index < -0.39 is 89.4 Å². The first-order valence-corrected chi connectivity index (χ1v) is 21.8. The summed E-state index contributed by atoms with van der Waals surface area (Å²) in [6.07, 6.45) is 7.75. The Morgan fingerprint density at radius 2 is 0.696 bits per heavy atom. The van der Waals surface area contributed by atoms with Crippen molar-refractivity contribution in [2.75, 3.05) is 0 Å². The quantitative estimate of drug-likeness (QED) is 0.0232. The largest absolute Gasteiger partial charge is 0.370 e. The normalized spacial score (nSPS) is 13.6. The number of hydrogen-bond donors (Lipinski definition) is 15. The van der Waals surface area contributed by atoms with Gasteiger partial charge in [0.15, 0.2) is 0 Å². The van der Waals surface area contributed by atoms with Gasteiger partial charge < -0.3 is 81.3 Å². The number of primary amides is 3. The van der Waals surface area contributed by atoms with E-state index in [9.17, 15) is 43.2 Å². The Kier molecular flexibility index (Phi) is 20.9. The van der Waals surface area contributed by atoms with Crippen molar-refractivity contribution in [3.05, 3.63) is 89.5 Å². The van der Waals surface area contributed by atoms with E-state index in [-0.39, 0.29) is 77.4 Å². The zero-order chi connectivity index (χ0) is 50.5. The van der Waals surface area contributed by atoms with Crippen molar-refractivity contribution < 1.29 is 43.2 Å². The molecule has 3 heterocycles. The van der Waals surface area contributed by atoms with E-state index in [2.05, 4.69) is 61.8 Å². The smallest absolute Gasteiger partial charge is 0.242 e. The van der Waals surface area contributed by atoms with E-state index >= 15 is 0 Å². The molecule has 4 rings (SSSR count). The van der Waals surface area contributed by atoms with Crippen LogP contribution in [0.5, 0.6) is 0 Å². The zero-order valence-corrected chi connectivity index (χ0v) is 37.6. The van der Waals surface area contributed by atoms with Gasteiger partial charge in [-0.3, -0.25) is 43.2 Å². The number of amides is 9. The average molecular weight is 961 g/mol. The molecule has 0 unspecified atom stereocenters. The molecule has 21 N–H and O–H groups in total. The summed E-state index contributed by atoms with van der Waals surface area (Å²) in [4.78, 5) is 135. The maximum absolute atomic E-state index is 13.6. The predicted octanol–water partition coefficient (Wildman–Crippen LogP) is -5.33. The molecule has 3 aromatic heterocycles. The molecular weight excluding hydrogens is 901 g/mol. The van der Waals surface area contributed by atoms with Gasteiger partial charge in [0.25, 0.3) is 0 Å². The molecule has 372 valence electrons. The van der Waals surface area contributed by atoms with Gasteiger partial charge >= 0.3 is 0 Å². The topological polar surface area (TPSA) is 468 Å². The van der Waals surface area contributed by atoms with Crippen LogP contribution in [-0.2, 0) is 82.0 Å². The molecule has 27 nitrogen and oxygen atoms in total. The molecule has 0 saturated heterocycles. The first kappa shape index (κ1) is 53.6. The van der Waals surface area contributed by atoms with Gasteiger partial charge in [-0.05, 0) is 36.0 Å². The average Bonchev–Trinajstić information content (AvgIpc) is 4.14. The molecule has 69 heavy (non-hydrogen) atoms. The number of nitrogens with zero attached hydrogens (tertiary/aromatic N) is 3. The van der Waals surface area contributed by atoms with Gasteiger partial charge in [-0.1, -0.05) is 18.2 Å². The summed E-state index contributed by atoms with van der Waals surface area (Å²) in [5.41, 5.74) is 37.4. The summed E-state index contributed by atoms with van der Waals surface area (Å²) >= 11 is 0. The van der Waals surface area contributed by atoms with Gasteiger partial charge in [0.2, 0.25) is 53.2 Å². The number of nitrogens with one attached hydrogen (secondary N) is 9. The second-order valence-electron chi connectivity index (χ2n) is 16.2. The van der Waals surface area contributed by atoms with Gasteiger partial charge in [-0.2, -0.15) is 0 Å². The fourth-order valence-electron chi connectivity index (χ4n) is 6.76. The van der Waals surface area contributed by atoms with Crippen molar-refractivity contribution in [1.82, 2.24) is 61.8 Å². The van der Waals surface area contributed by atoms with Crippen LogP contribution in [0.15, 0.2) is 55.8 Å². The Bertz CT molecular complexity index is 2090. The highest BCUT2D eigenvalue weighted by molar-refractivity contribution is 5.92. The molecular formula is C42H60N18O9. The standard InChI is InChI=1S/C42H60N18O9/c43-28(10-25-16-49-19-55-25)37(64)58-31(1-4-34(46)61)40(67)52-13-22-7-23(14-53-41(68)32(2-5-35(47)62)59-38(65)29(44)11-26-17-50-20-56-26)9-24(8-22)15-54-42(69)33(3-6-36(48)63)60-39(66)30(45)12-27-18-51-21-57-27/h7-9,16-21,28-33H,1-6,10-15,43-45H2,(H2,46,61)(H2,47,62)(H2,48,63)(H,49,55)(H,50,56)(H,51,57)(H,52,67)(H,53,68)(H,54,69)(H,58,64)(H,59,65)(H,60,66)/t28-,29-,30-,31-,32-,33-/m0/s1. The SMILES string of the molecule is NC(=O)CC[C@H](NC(=O)[C@@H](N)Cc1cnc[nH]1)C(=O)NCc1cc(CNC(=O)[C@H](CCC(N)=O)NC(=O)[C@@H](N)Cc2cnc[nH]2)cc(CNC(=O)[C@H](CCC(N)=O)NC(=O)[C@@H](N)Cc2cnc[nH]2)c1. The van der Waals surface area contributed by atoms with Gasteiger partial charge in [0, 0.05) is 93.8 Å². The number of imidazole rings is 3. The molecule has 0 spiro atoms. The van der Waals surface area contributed by atoms with E-state index in [0.717, 1.165) is 0 Å². The van der Waals surface area contributed by atoms with Crippen LogP contribution < -0.4 is 66.3 Å². The first-order valence-electron chi connectivity index (χ1n) is 21.8. The number of nitrogens with two attached hydrogens (primary N) is 6.